The second kappa shape index (κ2) is 5.26. The maximum atomic E-state index is 4.83. The topological polar surface area (TPSA) is 25.8 Å². The van der Waals surface area contributed by atoms with Gasteiger partial charge < -0.3 is 0 Å². The van der Waals surface area contributed by atoms with Gasteiger partial charge in [0.15, 0.2) is 0 Å². The number of rotatable bonds is 1. The molecule has 2 nitrogen and oxygen atoms in total. The Hall–Kier alpha value is -2.52. The molecule has 2 aromatic carbocycles. The Bertz CT molecular complexity index is 1230. The van der Waals surface area contributed by atoms with Gasteiger partial charge in [0.05, 0.1) is 13.8 Å². The smallest absolute Gasteiger partial charge is 0.0786 e. The highest BCUT2D eigenvalue weighted by atomic mass is 28.3. The van der Waals surface area contributed by atoms with Gasteiger partial charge in [-0.2, -0.15) is 0 Å². The van der Waals surface area contributed by atoms with Crippen molar-refractivity contribution in [2.24, 2.45) is 0 Å². The molecule has 0 unspecified atom stereocenters. The molecule has 2 heterocycles. The van der Waals surface area contributed by atoms with Crippen LogP contribution in [0.1, 0.15) is 25.0 Å². The van der Waals surface area contributed by atoms with E-state index in [2.05, 4.69) is 74.9 Å². The molecule has 0 N–H and O–H groups in total. The van der Waals surface area contributed by atoms with Crippen molar-refractivity contribution in [1.82, 2.24) is 9.97 Å². The first-order chi connectivity index (χ1) is 12.8. The fraction of sp³-hybridized carbons (Fsp3) is 0.250. The summed E-state index contributed by atoms with van der Waals surface area (Å²) in [6.45, 7) is 12.0. The molecule has 134 valence electrons. The molecule has 0 saturated carbocycles. The van der Waals surface area contributed by atoms with E-state index in [1.165, 1.54) is 43.4 Å². The molecule has 3 heteroatoms. The minimum Gasteiger partial charge on any atom is -0.264 e. The zero-order valence-corrected chi connectivity index (χ0v) is 17.6. The van der Waals surface area contributed by atoms with Crippen LogP contribution in [0.25, 0.3) is 32.8 Å². The highest BCUT2D eigenvalue weighted by Crippen LogP contribution is 2.48. The SMILES string of the molecule is CC1(C)c2cc3ccncc3cc2-c2nccc3cc([Si](C)(C)C)cc1c23. The third kappa shape index (κ3) is 2.31. The summed E-state index contributed by atoms with van der Waals surface area (Å²) < 4.78 is 0. The van der Waals surface area contributed by atoms with Gasteiger partial charge in [-0.3, -0.25) is 9.97 Å². The summed E-state index contributed by atoms with van der Waals surface area (Å²) in [7, 11) is -1.42. The second-order valence-corrected chi connectivity index (χ2v) is 14.4. The summed E-state index contributed by atoms with van der Waals surface area (Å²) in [4.78, 5) is 9.15. The van der Waals surface area contributed by atoms with Crippen LogP contribution in [0.3, 0.4) is 0 Å². The van der Waals surface area contributed by atoms with E-state index < -0.39 is 8.07 Å². The van der Waals surface area contributed by atoms with Gasteiger partial charge in [0.2, 0.25) is 0 Å². The zero-order valence-electron chi connectivity index (χ0n) is 16.6. The van der Waals surface area contributed by atoms with Crippen LogP contribution in [0.15, 0.2) is 55.0 Å². The van der Waals surface area contributed by atoms with Gasteiger partial charge in [0.1, 0.15) is 0 Å². The monoisotopic (exact) mass is 368 g/mol. The van der Waals surface area contributed by atoms with E-state index in [9.17, 15) is 0 Å². The summed E-state index contributed by atoms with van der Waals surface area (Å²) in [6, 6.07) is 13.8. The van der Waals surface area contributed by atoms with Gasteiger partial charge in [-0.25, -0.2) is 0 Å². The van der Waals surface area contributed by atoms with E-state index in [0.29, 0.717) is 0 Å². The molecule has 0 radical (unpaired) electrons. The molecule has 0 fully saturated rings. The van der Waals surface area contributed by atoms with Crippen molar-refractivity contribution in [3.63, 3.8) is 0 Å². The van der Waals surface area contributed by atoms with Crippen LogP contribution in [0.2, 0.25) is 19.6 Å². The molecule has 0 spiro atoms. The lowest BCUT2D eigenvalue weighted by molar-refractivity contribution is 0.645. The highest BCUT2D eigenvalue weighted by Gasteiger charge is 2.35. The van der Waals surface area contributed by atoms with Crippen molar-refractivity contribution in [1.29, 1.82) is 0 Å². The van der Waals surface area contributed by atoms with Crippen LogP contribution < -0.4 is 5.19 Å². The molecule has 4 aromatic rings. The van der Waals surface area contributed by atoms with Crippen molar-refractivity contribution < 1.29 is 0 Å². The lowest BCUT2D eigenvalue weighted by atomic mass is 9.69. The molecule has 5 rings (SSSR count). The number of aromatic nitrogens is 2. The Kier molecular flexibility index (Phi) is 3.24. The van der Waals surface area contributed by atoms with Crippen LogP contribution in [-0.2, 0) is 5.41 Å². The number of hydrogen-bond donors (Lipinski definition) is 0. The summed E-state index contributed by atoms with van der Waals surface area (Å²) in [5, 5.41) is 6.57. The molecule has 0 amide bonds. The quantitative estimate of drug-likeness (QED) is 0.407. The molecule has 0 aliphatic heterocycles. The Morgan fingerprint density at radius 2 is 1.59 bits per heavy atom. The molecule has 0 bridgehead atoms. The largest absolute Gasteiger partial charge is 0.264 e. The first kappa shape index (κ1) is 16.6. The van der Waals surface area contributed by atoms with Gasteiger partial charge in [-0.05, 0) is 46.2 Å². The van der Waals surface area contributed by atoms with Crippen molar-refractivity contribution in [2.75, 3.05) is 0 Å². The van der Waals surface area contributed by atoms with Crippen LogP contribution in [0.5, 0.6) is 0 Å². The van der Waals surface area contributed by atoms with Crippen LogP contribution in [-0.4, -0.2) is 18.0 Å². The first-order valence-electron chi connectivity index (χ1n) is 9.59. The predicted molar refractivity (Wildman–Crippen MR) is 118 cm³/mol. The van der Waals surface area contributed by atoms with Gasteiger partial charge in [-0.1, -0.05) is 50.8 Å². The second-order valence-electron chi connectivity index (χ2n) is 9.28. The molecular weight excluding hydrogens is 344 g/mol. The maximum absolute atomic E-state index is 4.83. The molecule has 0 saturated heterocycles. The molecule has 2 aromatic heterocycles. The van der Waals surface area contributed by atoms with Gasteiger partial charge in [-0.15, -0.1) is 0 Å². The summed E-state index contributed by atoms with van der Waals surface area (Å²) in [5.74, 6) is 0. The lowest BCUT2D eigenvalue weighted by Crippen LogP contribution is -2.39. The fourth-order valence-electron chi connectivity index (χ4n) is 4.44. The van der Waals surface area contributed by atoms with Crippen molar-refractivity contribution in [2.45, 2.75) is 38.9 Å². The molecular formula is C24H24N2Si. The first-order valence-corrected chi connectivity index (χ1v) is 13.1. The third-order valence-electron chi connectivity index (χ3n) is 6.11. The maximum Gasteiger partial charge on any atom is 0.0786 e. The van der Waals surface area contributed by atoms with Crippen molar-refractivity contribution in [3.05, 3.63) is 66.1 Å². The van der Waals surface area contributed by atoms with Gasteiger partial charge in [0, 0.05) is 40.3 Å². The van der Waals surface area contributed by atoms with Gasteiger partial charge in [0.25, 0.3) is 0 Å². The minimum atomic E-state index is -1.42. The van der Waals surface area contributed by atoms with E-state index in [1.54, 1.807) is 0 Å². The van der Waals surface area contributed by atoms with E-state index >= 15 is 0 Å². The number of nitrogens with zero attached hydrogens (tertiary/aromatic N) is 2. The Labute approximate surface area is 161 Å². The third-order valence-corrected chi connectivity index (χ3v) is 8.13. The number of pyridine rings is 2. The van der Waals surface area contributed by atoms with E-state index in [1.807, 2.05) is 18.6 Å². The molecule has 1 aliphatic rings. The number of hydrogen-bond acceptors (Lipinski definition) is 2. The van der Waals surface area contributed by atoms with Crippen LogP contribution in [0.4, 0.5) is 0 Å². The van der Waals surface area contributed by atoms with Crippen LogP contribution >= 0.6 is 0 Å². The van der Waals surface area contributed by atoms with Crippen molar-refractivity contribution in [3.8, 4) is 11.3 Å². The van der Waals surface area contributed by atoms with Crippen molar-refractivity contribution >= 4 is 34.8 Å². The number of fused-ring (bicyclic) bond motifs is 3. The fourth-order valence-corrected chi connectivity index (χ4v) is 5.61. The average Bonchev–Trinajstić information content (AvgIpc) is 2.64. The molecule has 0 atom stereocenters. The van der Waals surface area contributed by atoms with E-state index in [4.69, 9.17) is 4.98 Å². The normalized spacial score (nSPS) is 15.1. The van der Waals surface area contributed by atoms with E-state index in [-0.39, 0.29) is 5.41 Å². The molecule has 27 heavy (non-hydrogen) atoms. The summed E-state index contributed by atoms with van der Waals surface area (Å²) in [6.07, 6.45) is 5.79. The standard InChI is InChI=1S/C24H24N2Si/c1-24(2)20-12-15-6-8-25-14-17(15)11-19(20)23-22-16(7-9-26-23)10-18(13-21(22)24)27(3,4)5/h6-14H,1-5H3. The lowest BCUT2D eigenvalue weighted by Gasteiger charge is -2.36. The Morgan fingerprint density at radius 3 is 2.37 bits per heavy atom. The summed E-state index contributed by atoms with van der Waals surface area (Å²) >= 11 is 0. The highest BCUT2D eigenvalue weighted by molar-refractivity contribution is 6.88. The number of benzene rings is 2. The van der Waals surface area contributed by atoms with E-state index in [0.717, 1.165) is 5.69 Å². The summed E-state index contributed by atoms with van der Waals surface area (Å²) in [5.41, 5.74) is 5.09. The minimum absolute atomic E-state index is 0.0588. The Balaban J connectivity index is 1.96. The average molecular weight is 369 g/mol. The predicted octanol–water partition coefficient (Wildman–Crippen LogP) is 5.63. The Morgan fingerprint density at radius 1 is 0.815 bits per heavy atom. The van der Waals surface area contributed by atoms with Crippen LogP contribution in [0, 0.1) is 0 Å². The van der Waals surface area contributed by atoms with Gasteiger partial charge >= 0.3 is 0 Å². The zero-order chi connectivity index (χ0) is 19.0. The molecule has 1 aliphatic carbocycles.